The number of methoxy groups -OCH3 is 1. The van der Waals surface area contributed by atoms with Crippen LogP contribution in [0.5, 0.6) is 0 Å². The van der Waals surface area contributed by atoms with Crippen LogP contribution in [-0.4, -0.2) is 42.3 Å². The van der Waals surface area contributed by atoms with Gasteiger partial charge in [-0.05, 0) is 5.56 Å². The first-order valence-electron chi connectivity index (χ1n) is 5.37. The summed E-state index contributed by atoms with van der Waals surface area (Å²) in [5.74, 6) is -1.22. The van der Waals surface area contributed by atoms with E-state index in [1.807, 2.05) is 0 Å². The number of nitrogens with zero attached hydrogens (tertiary/aromatic N) is 1. The molecular weight excluding hydrogens is 252 g/mol. The molecular formula is C12H14N2O5. The lowest BCUT2D eigenvalue weighted by Gasteiger charge is -2.19. The lowest BCUT2D eigenvalue weighted by molar-refractivity contribution is -0.139. The third-order valence-electron chi connectivity index (χ3n) is 2.40. The maximum absolute atomic E-state index is 11.7. The van der Waals surface area contributed by atoms with Gasteiger partial charge in [0, 0.05) is 7.05 Å². The number of hydrogen-bond acceptors (Lipinski definition) is 4. The van der Waals surface area contributed by atoms with Gasteiger partial charge >= 0.3 is 18.1 Å². The second kappa shape index (κ2) is 6.39. The zero-order chi connectivity index (χ0) is 14.4. The third kappa shape index (κ3) is 3.70. The van der Waals surface area contributed by atoms with Crippen molar-refractivity contribution >= 4 is 18.1 Å². The molecule has 1 aromatic carbocycles. The van der Waals surface area contributed by atoms with E-state index in [1.165, 1.54) is 7.05 Å². The van der Waals surface area contributed by atoms with Gasteiger partial charge in [-0.1, -0.05) is 30.3 Å². The van der Waals surface area contributed by atoms with E-state index in [2.05, 4.69) is 10.1 Å². The highest BCUT2D eigenvalue weighted by Gasteiger charge is 2.25. The summed E-state index contributed by atoms with van der Waals surface area (Å²) in [5.41, 5.74) is 0.404. The minimum Gasteiger partial charge on any atom is -0.479 e. The molecule has 1 aromatic rings. The molecule has 1 atom stereocenters. The van der Waals surface area contributed by atoms with Crippen LogP contribution in [0.25, 0.3) is 0 Å². The summed E-state index contributed by atoms with van der Waals surface area (Å²) in [4.78, 5) is 34.6. The number of amides is 3. The van der Waals surface area contributed by atoms with Gasteiger partial charge in [0.2, 0.25) is 0 Å². The molecule has 1 rings (SSSR count). The molecule has 102 valence electrons. The van der Waals surface area contributed by atoms with Gasteiger partial charge < -0.3 is 15.2 Å². The number of ether oxygens (including phenoxy) is 1. The number of nitrogens with one attached hydrogen (secondary N) is 1. The van der Waals surface area contributed by atoms with Crippen molar-refractivity contribution in [2.75, 3.05) is 14.2 Å². The predicted molar refractivity (Wildman–Crippen MR) is 65.5 cm³/mol. The smallest absolute Gasteiger partial charge is 0.417 e. The lowest BCUT2D eigenvalue weighted by Crippen LogP contribution is -2.44. The molecule has 1 unspecified atom stereocenters. The summed E-state index contributed by atoms with van der Waals surface area (Å²) in [6, 6.07) is 6.08. The number of hydrogen-bond donors (Lipinski definition) is 2. The Labute approximate surface area is 109 Å². The Balaban J connectivity index is 2.84. The van der Waals surface area contributed by atoms with E-state index in [1.54, 1.807) is 30.3 Å². The van der Waals surface area contributed by atoms with Crippen molar-refractivity contribution in [1.29, 1.82) is 0 Å². The van der Waals surface area contributed by atoms with Gasteiger partial charge in [0.25, 0.3) is 0 Å². The standard InChI is InChI=1S/C12H14N2O5/c1-14(12(18)19-2)11(17)13-9(10(15)16)8-6-4-3-5-7-8/h3-7,9H,1-2H3,(H,13,17)(H,15,16). The number of aliphatic carboxylic acids is 1. The van der Waals surface area contributed by atoms with E-state index in [0.29, 0.717) is 10.5 Å². The van der Waals surface area contributed by atoms with E-state index >= 15 is 0 Å². The highest BCUT2D eigenvalue weighted by atomic mass is 16.5. The van der Waals surface area contributed by atoms with Crippen molar-refractivity contribution in [3.8, 4) is 0 Å². The molecule has 0 bridgehead atoms. The average Bonchev–Trinajstić information content (AvgIpc) is 2.43. The van der Waals surface area contributed by atoms with Crippen LogP contribution < -0.4 is 5.32 Å². The number of benzene rings is 1. The van der Waals surface area contributed by atoms with Gasteiger partial charge in [-0.3, -0.25) is 0 Å². The van der Waals surface area contributed by atoms with Crippen LogP contribution in [0.15, 0.2) is 30.3 Å². The number of rotatable bonds is 3. The molecule has 0 fully saturated rings. The van der Waals surface area contributed by atoms with Gasteiger partial charge in [0.1, 0.15) is 0 Å². The van der Waals surface area contributed by atoms with Gasteiger partial charge in [0.05, 0.1) is 7.11 Å². The molecule has 0 spiro atoms. The second-order valence-electron chi connectivity index (χ2n) is 3.66. The highest BCUT2D eigenvalue weighted by molar-refractivity contribution is 5.92. The average molecular weight is 266 g/mol. The number of carboxylic acids is 1. The fourth-order valence-electron chi connectivity index (χ4n) is 1.37. The Morgan fingerprint density at radius 1 is 1.26 bits per heavy atom. The number of imide groups is 1. The number of carbonyl (C=O) groups excluding carboxylic acids is 2. The van der Waals surface area contributed by atoms with Crippen molar-refractivity contribution in [1.82, 2.24) is 10.2 Å². The Morgan fingerprint density at radius 2 is 1.84 bits per heavy atom. The first-order chi connectivity index (χ1) is 8.97. The second-order valence-corrected chi connectivity index (χ2v) is 3.66. The summed E-state index contributed by atoms with van der Waals surface area (Å²) in [7, 11) is 2.31. The van der Waals surface area contributed by atoms with Crippen LogP contribution in [0.3, 0.4) is 0 Å². The predicted octanol–water partition coefficient (Wildman–Crippen LogP) is 1.22. The molecule has 0 saturated heterocycles. The SMILES string of the molecule is COC(=O)N(C)C(=O)NC(C(=O)O)c1ccccc1. The number of urea groups is 1. The molecule has 2 N–H and O–H groups in total. The Bertz CT molecular complexity index is 474. The zero-order valence-corrected chi connectivity index (χ0v) is 10.5. The van der Waals surface area contributed by atoms with Crippen LogP contribution in [0.2, 0.25) is 0 Å². The molecule has 0 aromatic heterocycles. The number of carbonyl (C=O) groups is 3. The van der Waals surface area contributed by atoms with Crippen molar-refractivity contribution in [3.63, 3.8) is 0 Å². The summed E-state index contributed by atoms with van der Waals surface area (Å²) in [5, 5.41) is 11.3. The maximum Gasteiger partial charge on any atom is 0.417 e. The van der Waals surface area contributed by atoms with Crippen LogP contribution in [-0.2, 0) is 9.53 Å². The van der Waals surface area contributed by atoms with E-state index in [-0.39, 0.29) is 0 Å². The molecule has 0 aliphatic carbocycles. The molecule has 0 heterocycles. The number of carboxylic acid groups (broad SMARTS) is 1. The van der Waals surface area contributed by atoms with E-state index in [0.717, 1.165) is 7.11 Å². The molecule has 0 aliphatic heterocycles. The summed E-state index contributed by atoms with van der Waals surface area (Å²) >= 11 is 0. The molecule has 0 aliphatic rings. The summed E-state index contributed by atoms with van der Waals surface area (Å²) in [6.07, 6.45) is -0.880. The minimum atomic E-state index is -1.24. The lowest BCUT2D eigenvalue weighted by atomic mass is 10.1. The van der Waals surface area contributed by atoms with Gasteiger partial charge in [-0.25, -0.2) is 19.3 Å². The van der Waals surface area contributed by atoms with E-state index in [9.17, 15) is 14.4 Å². The van der Waals surface area contributed by atoms with E-state index < -0.39 is 24.1 Å². The highest BCUT2D eigenvalue weighted by Crippen LogP contribution is 2.13. The first kappa shape index (κ1) is 14.5. The topological polar surface area (TPSA) is 95.9 Å². The van der Waals surface area contributed by atoms with Gasteiger partial charge in [-0.2, -0.15) is 0 Å². The Kier molecular flexibility index (Phi) is 4.87. The normalized spacial score (nSPS) is 11.3. The van der Waals surface area contributed by atoms with E-state index in [4.69, 9.17) is 5.11 Å². The van der Waals surface area contributed by atoms with Crippen molar-refractivity contribution in [2.24, 2.45) is 0 Å². The largest absolute Gasteiger partial charge is 0.479 e. The minimum absolute atomic E-state index is 0.404. The maximum atomic E-state index is 11.7. The molecule has 7 heteroatoms. The van der Waals surface area contributed by atoms with Crippen LogP contribution in [0.4, 0.5) is 9.59 Å². The quantitative estimate of drug-likeness (QED) is 0.857. The molecule has 3 amide bonds. The molecule has 19 heavy (non-hydrogen) atoms. The van der Waals surface area contributed by atoms with Crippen molar-refractivity contribution in [2.45, 2.75) is 6.04 Å². The van der Waals surface area contributed by atoms with Crippen LogP contribution in [0.1, 0.15) is 11.6 Å². The Morgan fingerprint density at radius 3 is 2.32 bits per heavy atom. The van der Waals surface area contributed by atoms with Crippen LogP contribution >= 0.6 is 0 Å². The zero-order valence-electron chi connectivity index (χ0n) is 10.5. The van der Waals surface area contributed by atoms with Gasteiger partial charge in [-0.15, -0.1) is 0 Å². The molecule has 7 nitrogen and oxygen atoms in total. The monoisotopic (exact) mass is 266 g/mol. The summed E-state index contributed by atoms with van der Waals surface area (Å²) < 4.78 is 4.36. The molecule has 0 radical (unpaired) electrons. The van der Waals surface area contributed by atoms with Crippen molar-refractivity contribution in [3.05, 3.63) is 35.9 Å². The Hall–Kier alpha value is -2.57. The van der Waals surface area contributed by atoms with Crippen molar-refractivity contribution < 1.29 is 24.2 Å². The van der Waals surface area contributed by atoms with Crippen LogP contribution in [0, 0.1) is 0 Å². The summed E-state index contributed by atoms with van der Waals surface area (Å²) in [6.45, 7) is 0. The fraction of sp³-hybridized carbons (Fsp3) is 0.250. The fourth-order valence-corrected chi connectivity index (χ4v) is 1.37. The molecule has 0 saturated carbocycles. The van der Waals surface area contributed by atoms with Gasteiger partial charge in [0.15, 0.2) is 6.04 Å². The first-order valence-corrected chi connectivity index (χ1v) is 5.37. The third-order valence-corrected chi connectivity index (χ3v) is 2.40.